The van der Waals surface area contributed by atoms with Gasteiger partial charge in [-0.1, -0.05) is 12.1 Å². The van der Waals surface area contributed by atoms with Crippen LogP contribution < -0.4 is 21.4 Å². The molecule has 4 amide bonds. The average Bonchev–Trinajstić information content (AvgIpc) is 2.63. The summed E-state index contributed by atoms with van der Waals surface area (Å²) in [6.07, 6.45) is 1.42. The smallest absolute Gasteiger partial charge is 0.319 e. The molecular formula is C18H18FN5O3. The average molecular weight is 371 g/mol. The summed E-state index contributed by atoms with van der Waals surface area (Å²) in [7, 11) is 0. The zero-order valence-electron chi connectivity index (χ0n) is 14.5. The molecule has 140 valence electrons. The van der Waals surface area contributed by atoms with Gasteiger partial charge in [-0.15, -0.1) is 0 Å². The summed E-state index contributed by atoms with van der Waals surface area (Å²) in [5.74, 6) is -1.10. The number of hydrogen-bond acceptors (Lipinski definition) is 4. The van der Waals surface area contributed by atoms with Crippen LogP contribution in [0.5, 0.6) is 0 Å². The van der Waals surface area contributed by atoms with E-state index >= 15 is 0 Å². The maximum absolute atomic E-state index is 12.8. The zero-order valence-corrected chi connectivity index (χ0v) is 14.5. The first-order chi connectivity index (χ1) is 12.9. The summed E-state index contributed by atoms with van der Waals surface area (Å²) in [6, 6.07) is 11.4. The highest BCUT2D eigenvalue weighted by atomic mass is 19.1. The van der Waals surface area contributed by atoms with Crippen LogP contribution in [0, 0.1) is 5.82 Å². The van der Waals surface area contributed by atoms with E-state index in [1.165, 1.54) is 37.4 Å². The van der Waals surface area contributed by atoms with E-state index in [2.05, 4.69) is 26.5 Å². The second-order valence-electron chi connectivity index (χ2n) is 5.41. The highest BCUT2D eigenvalue weighted by Crippen LogP contribution is 2.08. The molecule has 0 radical (unpaired) electrons. The Morgan fingerprint density at radius 1 is 0.963 bits per heavy atom. The Kier molecular flexibility index (Phi) is 7.00. The van der Waals surface area contributed by atoms with Gasteiger partial charge in [0.05, 0.1) is 6.21 Å². The van der Waals surface area contributed by atoms with E-state index in [0.29, 0.717) is 16.9 Å². The molecule has 27 heavy (non-hydrogen) atoms. The lowest BCUT2D eigenvalue weighted by Crippen LogP contribution is -2.37. The maximum atomic E-state index is 12.8. The third kappa shape index (κ3) is 7.34. The van der Waals surface area contributed by atoms with Gasteiger partial charge in [0.15, 0.2) is 0 Å². The Bertz CT molecular complexity index is 835. The van der Waals surface area contributed by atoms with Gasteiger partial charge in [0.1, 0.15) is 12.4 Å². The molecule has 0 saturated heterocycles. The van der Waals surface area contributed by atoms with Crippen LogP contribution in [-0.4, -0.2) is 30.6 Å². The number of nitrogens with one attached hydrogen (secondary N) is 4. The largest absolute Gasteiger partial charge is 0.329 e. The SMILES string of the molecule is CC(=O)Nc1ccc(/C=N\NC(=O)CNC(=O)Nc2ccc(F)cc2)cc1. The van der Waals surface area contributed by atoms with Gasteiger partial charge in [0.2, 0.25) is 5.91 Å². The van der Waals surface area contributed by atoms with Crippen molar-refractivity contribution in [2.75, 3.05) is 17.2 Å². The van der Waals surface area contributed by atoms with E-state index in [9.17, 15) is 18.8 Å². The monoisotopic (exact) mass is 371 g/mol. The molecule has 0 atom stereocenters. The molecule has 9 heteroatoms. The number of benzene rings is 2. The summed E-state index contributed by atoms with van der Waals surface area (Å²) in [5, 5.41) is 11.2. The van der Waals surface area contributed by atoms with Crippen LogP contribution in [0.1, 0.15) is 12.5 Å². The maximum Gasteiger partial charge on any atom is 0.319 e. The molecule has 0 bridgehead atoms. The number of halogens is 1. The van der Waals surface area contributed by atoms with Crippen molar-refractivity contribution in [1.82, 2.24) is 10.7 Å². The molecule has 2 aromatic rings. The highest BCUT2D eigenvalue weighted by molar-refractivity contribution is 5.92. The lowest BCUT2D eigenvalue weighted by molar-refractivity contribution is -0.120. The normalized spacial score (nSPS) is 10.3. The van der Waals surface area contributed by atoms with Crippen LogP contribution in [0.3, 0.4) is 0 Å². The Labute approximate surface area is 154 Å². The van der Waals surface area contributed by atoms with E-state index in [0.717, 1.165) is 0 Å². The van der Waals surface area contributed by atoms with Gasteiger partial charge in [-0.25, -0.2) is 14.6 Å². The first-order valence-electron chi connectivity index (χ1n) is 7.92. The van der Waals surface area contributed by atoms with E-state index in [4.69, 9.17) is 0 Å². The van der Waals surface area contributed by atoms with Crippen molar-refractivity contribution in [2.24, 2.45) is 5.10 Å². The molecule has 8 nitrogen and oxygen atoms in total. The summed E-state index contributed by atoms with van der Waals surface area (Å²) >= 11 is 0. The Morgan fingerprint density at radius 3 is 2.19 bits per heavy atom. The predicted molar refractivity (Wildman–Crippen MR) is 99.9 cm³/mol. The quantitative estimate of drug-likeness (QED) is 0.461. The minimum Gasteiger partial charge on any atom is -0.329 e. The number of urea groups is 1. The fourth-order valence-electron chi connectivity index (χ4n) is 1.94. The molecule has 2 rings (SSSR count). The summed E-state index contributed by atoms with van der Waals surface area (Å²) in [4.78, 5) is 34.2. The van der Waals surface area contributed by atoms with Crippen molar-refractivity contribution in [3.63, 3.8) is 0 Å². The lowest BCUT2D eigenvalue weighted by atomic mass is 10.2. The van der Waals surface area contributed by atoms with Gasteiger partial charge in [-0.3, -0.25) is 9.59 Å². The predicted octanol–water partition coefficient (Wildman–Crippen LogP) is 2.06. The molecule has 0 aliphatic rings. The summed E-state index contributed by atoms with van der Waals surface area (Å²) in [6.45, 7) is 1.13. The Morgan fingerprint density at radius 2 is 1.56 bits per heavy atom. The van der Waals surface area contributed by atoms with E-state index in [1.54, 1.807) is 24.3 Å². The van der Waals surface area contributed by atoms with Gasteiger partial charge in [0, 0.05) is 18.3 Å². The minimum atomic E-state index is -0.603. The topological polar surface area (TPSA) is 112 Å². The lowest BCUT2D eigenvalue weighted by Gasteiger charge is -2.06. The van der Waals surface area contributed by atoms with E-state index < -0.39 is 17.8 Å². The second kappa shape index (κ2) is 9.66. The number of carbonyl (C=O) groups is 3. The Hall–Kier alpha value is -3.75. The second-order valence-corrected chi connectivity index (χ2v) is 5.41. The number of hydrogen-bond donors (Lipinski definition) is 4. The van der Waals surface area contributed by atoms with Crippen molar-refractivity contribution >= 4 is 35.4 Å². The molecule has 0 spiro atoms. The number of hydrazone groups is 1. The number of nitrogens with zero attached hydrogens (tertiary/aromatic N) is 1. The molecule has 0 unspecified atom stereocenters. The zero-order chi connectivity index (χ0) is 19.6. The highest BCUT2D eigenvalue weighted by Gasteiger charge is 2.05. The van der Waals surface area contributed by atoms with Crippen LogP contribution in [0.15, 0.2) is 53.6 Å². The van der Waals surface area contributed by atoms with E-state index in [1.807, 2.05) is 0 Å². The number of anilines is 2. The third-order valence-electron chi connectivity index (χ3n) is 3.15. The van der Waals surface area contributed by atoms with Crippen molar-refractivity contribution in [3.8, 4) is 0 Å². The van der Waals surface area contributed by atoms with Crippen molar-refractivity contribution in [2.45, 2.75) is 6.92 Å². The molecule has 2 aromatic carbocycles. The van der Waals surface area contributed by atoms with Gasteiger partial charge in [-0.05, 0) is 42.0 Å². The molecule has 0 aliphatic heterocycles. The fourth-order valence-corrected chi connectivity index (χ4v) is 1.94. The standard InChI is InChI=1S/C18H18FN5O3/c1-12(25)22-15-6-2-13(3-7-15)10-21-24-17(26)11-20-18(27)23-16-8-4-14(19)5-9-16/h2-10H,11H2,1H3,(H,22,25)(H,24,26)(H2,20,23,27)/b21-10-. The summed E-state index contributed by atoms with van der Waals surface area (Å²) < 4.78 is 12.8. The van der Waals surface area contributed by atoms with Gasteiger partial charge >= 0.3 is 6.03 Å². The molecule has 0 heterocycles. The third-order valence-corrected chi connectivity index (χ3v) is 3.15. The van der Waals surface area contributed by atoms with Crippen molar-refractivity contribution in [3.05, 3.63) is 59.9 Å². The van der Waals surface area contributed by atoms with Crippen LogP contribution in [0.4, 0.5) is 20.6 Å². The van der Waals surface area contributed by atoms with Crippen LogP contribution in [-0.2, 0) is 9.59 Å². The number of amides is 4. The van der Waals surface area contributed by atoms with Crippen LogP contribution >= 0.6 is 0 Å². The number of rotatable bonds is 6. The van der Waals surface area contributed by atoms with Gasteiger partial charge in [-0.2, -0.15) is 5.10 Å². The minimum absolute atomic E-state index is 0.167. The Balaban J connectivity index is 1.72. The van der Waals surface area contributed by atoms with Gasteiger partial charge < -0.3 is 16.0 Å². The fraction of sp³-hybridized carbons (Fsp3) is 0.111. The first-order valence-corrected chi connectivity index (χ1v) is 7.92. The van der Waals surface area contributed by atoms with E-state index in [-0.39, 0.29) is 12.5 Å². The van der Waals surface area contributed by atoms with Crippen LogP contribution in [0.25, 0.3) is 0 Å². The molecule has 0 aromatic heterocycles. The first kappa shape index (κ1) is 19.6. The van der Waals surface area contributed by atoms with Crippen molar-refractivity contribution < 1.29 is 18.8 Å². The molecule has 0 aliphatic carbocycles. The molecule has 0 fully saturated rings. The molecule has 4 N–H and O–H groups in total. The van der Waals surface area contributed by atoms with Crippen LogP contribution in [0.2, 0.25) is 0 Å². The van der Waals surface area contributed by atoms with Crippen molar-refractivity contribution in [1.29, 1.82) is 0 Å². The molecular weight excluding hydrogens is 353 g/mol. The number of carbonyl (C=O) groups excluding carboxylic acids is 3. The van der Waals surface area contributed by atoms with Gasteiger partial charge in [0.25, 0.3) is 5.91 Å². The summed E-state index contributed by atoms with van der Waals surface area (Å²) in [5.41, 5.74) is 4.04. The molecule has 0 saturated carbocycles.